The van der Waals surface area contributed by atoms with Crippen molar-refractivity contribution in [1.82, 2.24) is 4.98 Å². The minimum absolute atomic E-state index is 0.0190. The molecule has 2 aromatic rings. The van der Waals surface area contributed by atoms with Crippen LogP contribution >= 0.6 is 0 Å². The number of rotatable bonds is 4. The standard InChI is InChI=1S/C16H14F3N3O/c1-10-3-2-4-11(7-10)13(23)9-21-15-12(8-20)5-6-14(22-15)16(17,18)19/h2-7,13,23H,9H2,1H3,(H,21,22). The van der Waals surface area contributed by atoms with Crippen molar-refractivity contribution in [3.63, 3.8) is 0 Å². The number of alkyl halides is 3. The lowest BCUT2D eigenvalue weighted by molar-refractivity contribution is -0.141. The van der Waals surface area contributed by atoms with Gasteiger partial charge in [-0.05, 0) is 24.6 Å². The van der Waals surface area contributed by atoms with Crippen molar-refractivity contribution in [2.75, 3.05) is 11.9 Å². The molecule has 0 radical (unpaired) electrons. The van der Waals surface area contributed by atoms with Crippen molar-refractivity contribution in [2.24, 2.45) is 0 Å². The van der Waals surface area contributed by atoms with Crippen LogP contribution in [-0.2, 0) is 6.18 Å². The SMILES string of the molecule is Cc1cccc(C(O)CNc2nc(C(F)(F)F)ccc2C#N)c1. The smallest absolute Gasteiger partial charge is 0.387 e. The van der Waals surface area contributed by atoms with Crippen molar-refractivity contribution in [1.29, 1.82) is 5.26 Å². The van der Waals surface area contributed by atoms with Gasteiger partial charge < -0.3 is 10.4 Å². The topological polar surface area (TPSA) is 68.9 Å². The van der Waals surface area contributed by atoms with E-state index in [1.807, 2.05) is 13.0 Å². The second-order valence-electron chi connectivity index (χ2n) is 5.01. The molecule has 2 N–H and O–H groups in total. The minimum atomic E-state index is -4.60. The quantitative estimate of drug-likeness (QED) is 0.905. The summed E-state index contributed by atoms with van der Waals surface area (Å²) in [6.07, 6.45) is -5.53. The number of pyridine rings is 1. The van der Waals surface area contributed by atoms with Crippen LogP contribution in [0.1, 0.15) is 28.5 Å². The maximum atomic E-state index is 12.7. The van der Waals surface area contributed by atoms with E-state index in [4.69, 9.17) is 5.26 Å². The average Bonchev–Trinajstić information content (AvgIpc) is 2.51. The van der Waals surface area contributed by atoms with E-state index < -0.39 is 18.0 Å². The molecule has 0 saturated carbocycles. The van der Waals surface area contributed by atoms with Gasteiger partial charge in [-0.25, -0.2) is 4.98 Å². The molecule has 1 aromatic heterocycles. The van der Waals surface area contributed by atoms with Gasteiger partial charge in [0.15, 0.2) is 0 Å². The van der Waals surface area contributed by atoms with E-state index in [9.17, 15) is 18.3 Å². The Morgan fingerprint density at radius 1 is 1.30 bits per heavy atom. The summed E-state index contributed by atoms with van der Waals surface area (Å²) in [5, 5.41) is 21.7. The number of aliphatic hydroxyl groups is 1. The summed E-state index contributed by atoms with van der Waals surface area (Å²) < 4.78 is 38.1. The van der Waals surface area contributed by atoms with Crippen molar-refractivity contribution in [3.05, 3.63) is 58.8 Å². The number of benzene rings is 1. The second kappa shape index (κ2) is 6.67. The van der Waals surface area contributed by atoms with Gasteiger partial charge in [0.1, 0.15) is 17.6 Å². The largest absolute Gasteiger partial charge is 0.433 e. The van der Waals surface area contributed by atoms with Crippen molar-refractivity contribution < 1.29 is 18.3 Å². The zero-order valence-electron chi connectivity index (χ0n) is 12.2. The fourth-order valence-electron chi connectivity index (χ4n) is 2.03. The van der Waals surface area contributed by atoms with Crippen molar-refractivity contribution >= 4 is 5.82 Å². The number of aromatic nitrogens is 1. The Morgan fingerprint density at radius 2 is 2.04 bits per heavy atom. The monoisotopic (exact) mass is 321 g/mol. The summed E-state index contributed by atoms with van der Waals surface area (Å²) in [5.41, 5.74) is 0.470. The van der Waals surface area contributed by atoms with Crippen LogP contribution in [0.3, 0.4) is 0 Å². The highest BCUT2D eigenvalue weighted by Gasteiger charge is 2.33. The van der Waals surface area contributed by atoms with Crippen LogP contribution in [-0.4, -0.2) is 16.6 Å². The summed E-state index contributed by atoms with van der Waals surface area (Å²) in [6, 6.07) is 10.7. The molecule has 0 aliphatic carbocycles. The normalized spacial score (nSPS) is 12.5. The third-order valence-electron chi connectivity index (χ3n) is 3.20. The molecule has 0 aliphatic heterocycles. The predicted molar refractivity (Wildman–Crippen MR) is 78.6 cm³/mol. The number of halogens is 3. The van der Waals surface area contributed by atoms with E-state index >= 15 is 0 Å². The summed E-state index contributed by atoms with van der Waals surface area (Å²) in [4.78, 5) is 3.43. The highest BCUT2D eigenvalue weighted by Crippen LogP contribution is 2.29. The molecule has 2 rings (SSSR count). The Labute approximate surface area is 131 Å². The van der Waals surface area contributed by atoms with E-state index in [1.165, 1.54) is 0 Å². The van der Waals surface area contributed by atoms with Crippen LogP contribution in [0, 0.1) is 18.3 Å². The maximum absolute atomic E-state index is 12.7. The van der Waals surface area contributed by atoms with E-state index in [0.717, 1.165) is 17.7 Å². The molecule has 0 amide bonds. The molecule has 7 heteroatoms. The molecule has 1 unspecified atom stereocenters. The van der Waals surface area contributed by atoms with Gasteiger partial charge >= 0.3 is 6.18 Å². The van der Waals surface area contributed by atoms with Crippen molar-refractivity contribution in [3.8, 4) is 6.07 Å². The van der Waals surface area contributed by atoms with E-state index in [-0.39, 0.29) is 17.9 Å². The van der Waals surface area contributed by atoms with Gasteiger partial charge in [0.2, 0.25) is 0 Å². The molecule has 0 bridgehead atoms. The van der Waals surface area contributed by atoms with Crippen LogP contribution in [0.5, 0.6) is 0 Å². The van der Waals surface area contributed by atoms with Crippen molar-refractivity contribution in [2.45, 2.75) is 19.2 Å². The first-order valence-electron chi connectivity index (χ1n) is 6.78. The lowest BCUT2D eigenvalue weighted by Gasteiger charge is -2.15. The molecule has 23 heavy (non-hydrogen) atoms. The molecule has 1 atom stereocenters. The van der Waals surface area contributed by atoms with Gasteiger partial charge in [0.25, 0.3) is 0 Å². The summed E-state index contributed by atoms with van der Waals surface area (Å²) in [5.74, 6) is -0.200. The molecule has 1 heterocycles. The van der Waals surface area contributed by atoms with Crippen LogP contribution < -0.4 is 5.32 Å². The minimum Gasteiger partial charge on any atom is -0.387 e. The third-order valence-corrected chi connectivity index (χ3v) is 3.20. The first kappa shape index (κ1) is 16.8. The molecular formula is C16H14F3N3O. The van der Waals surface area contributed by atoms with Crippen LogP contribution in [0.25, 0.3) is 0 Å². The zero-order valence-corrected chi connectivity index (χ0v) is 12.2. The highest BCUT2D eigenvalue weighted by molar-refractivity contribution is 5.52. The van der Waals surface area contributed by atoms with E-state index in [1.54, 1.807) is 24.3 Å². The Hall–Kier alpha value is -2.59. The number of hydrogen-bond donors (Lipinski definition) is 2. The highest BCUT2D eigenvalue weighted by atomic mass is 19.4. The lowest BCUT2D eigenvalue weighted by atomic mass is 10.1. The van der Waals surface area contributed by atoms with E-state index in [0.29, 0.717) is 5.56 Å². The summed E-state index contributed by atoms with van der Waals surface area (Å²) >= 11 is 0. The molecule has 0 spiro atoms. The van der Waals surface area contributed by atoms with Crippen LogP contribution in [0.4, 0.5) is 19.0 Å². The Kier molecular flexibility index (Phi) is 4.86. The Bertz CT molecular complexity index is 738. The zero-order chi connectivity index (χ0) is 17.0. The fourth-order valence-corrected chi connectivity index (χ4v) is 2.03. The van der Waals surface area contributed by atoms with Crippen LogP contribution in [0.2, 0.25) is 0 Å². The number of nitriles is 1. The van der Waals surface area contributed by atoms with Gasteiger partial charge in [-0.2, -0.15) is 18.4 Å². The number of aliphatic hydroxyl groups excluding tert-OH is 1. The molecule has 0 fully saturated rings. The van der Waals surface area contributed by atoms with Gasteiger partial charge in [-0.3, -0.25) is 0 Å². The van der Waals surface area contributed by atoms with Gasteiger partial charge in [0.05, 0.1) is 11.7 Å². The first-order chi connectivity index (χ1) is 10.8. The average molecular weight is 321 g/mol. The Morgan fingerprint density at radius 3 is 2.65 bits per heavy atom. The van der Waals surface area contributed by atoms with Gasteiger partial charge in [-0.15, -0.1) is 0 Å². The molecule has 0 aliphatic rings. The molecule has 0 saturated heterocycles. The molecule has 4 nitrogen and oxygen atoms in total. The predicted octanol–water partition coefficient (Wildman–Crippen LogP) is 3.43. The van der Waals surface area contributed by atoms with Crippen LogP contribution in [0.15, 0.2) is 36.4 Å². The number of nitrogens with one attached hydrogen (secondary N) is 1. The summed E-state index contributed by atoms with van der Waals surface area (Å²) in [6.45, 7) is 1.80. The number of nitrogens with zero attached hydrogens (tertiary/aromatic N) is 2. The fraction of sp³-hybridized carbons (Fsp3) is 0.250. The number of anilines is 1. The molecule has 1 aromatic carbocycles. The Balaban J connectivity index is 2.18. The van der Waals surface area contributed by atoms with E-state index in [2.05, 4.69) is 10.3 Å². The first-order valence-corrected chi connectivity index (χ1v) is 6.78. The number of aryl methyl sites for hydroxylation is 1. The molecule has 120 valence electrons. The maximum Gasteiger partial charge on any atom is 0.433 e. The second-order valence-corrected chi connectivity index (χ2v) is 5.01. The van der Waals surface area contributed by atoms with Gasteiger partial charge in [-0.1, -0.05) is 29.8 Å². The number of hydrogen-bond acceptors (Lipinski definition) is 4. The third kappa shape index (κ3) is 4.20. The summed E-state index contributed by atoms with van der Waals surface area (Å²) in [7, 11) is 0. The van der Waals surface area contributed by atoms with Gasteiger partial charge in [0, 0.05) is 6.54 Å². The molecular weight excluding hydrogens is 307 g/mol. The lowest BCUT2D eigenvalue weighted by Crippen LogP contribution is -2.16.